The van der Waals surface area contributed by atoms with E-state index in [0.717, 1.165) is 16.7 Å². The van der Waals surface area contributed by atoms with Crippen molar-refractivity contribution >= 4 is 19.9 Å². The molecule has 0 saturated heterocycles. The zero-order valence-electron chi connectivity index (χ0n) is 24.8. The van der Waals surface area contributed by atoms with Gasteiger partial charge in [0, 0.05) is 17.7 Å². The smallest absolute Gasteiger partial charge is 0.193 e. The van der Waals surface area contributed by atoms with Gasteiger partial charge in [0.15, 0.2) is 8.32 Å². The topological polar surface area (TPSA) is 75.8 Å². The molecule has 4 rings (SSSR count). The number of azide groups is 1. The number of rotatable bonds is 12. The number of aromatic nitrogens is 2. The minimum Gasteiger partial charge on any atom is -0.407 e. The van der Waals surface area contributed by atoms with Crippen LogP contribution < -0.4 is 0 Å². The first-order valence-corrected chi connectivity index (χ1v) is 17.4. The molecule has 0 fully saturated rings. The second-order valence-corrected chi connectivity index (χ2v) is 17.0. The van der Waals surface area contributed by atoms with E-state index in [4.69, 9.17) is 26.5 Å². The highest BCUT2D eigenvalue weighted by molar-refractivity contribution is 6.74. The Bertz CT molecular complexity index is 1350. The van der Waals surface area contributed by atoms with Gasteiger partial charge in [-0.15, -0.1) is 11.6 Å². The van der Waals surface area contributed by atoms with Gasteiger partial charge in [0.1, 0.15) is 11.6 Å². The third-order valence-electron chi connectivity index (χ3n) is 8.92. The molecule has 0 bridgehead atoms. The molecule has 3 aromatic carbocycles. The summed E-state index contributed by atoms with van der Waals surface area (Å²) in [7, 11) is -2.34. The molecule has 1 aromatic heterocycles. The lowest BCUT2D eigenvalue weighted by Crippen LogP contribution is -2.47. The Morgan fingerprint density at radius 2 is 1.37 bits per heavy atom. The molecule has 2 atom stereocenters. The third kappa shape index (κ3) is 6.00. The number of hydrogen-bond donors (Lipinski definition) is 0. The molecule has 0 aliphatic heterocycles. The lowest BCUT2D eigenvalue weighted by molar-refractivity contribution is 0.167. The fourth-order valence-electron chi connectivity index (χ4n) is 5.35. The van der Waals surface area contributed by atoms with Gasteiger partial charge in [-0.3, -0.25) is 0 Å². The van der Waals surface area contributed by atoms with Crippen LogP contribution in [0.4, 0.5) is 0 Å². The van der Waals surface area contributed by atoms with Crippen LogP contribution in [0.2, 0.25) is 18.1 Å². The van der Waals surface area contributed by atoms with Crippen LogP contribution in [0.25, 0.3) is 10.4 Å². The minimum absolute atomic E-state index is 0.0369. The monoisotopic (exact) mass is 585 g/mol. The SMILES string of the molecule is CC(C)C(C)(C)[Si](C)(C)O[C@@H](c1cn(C(c2ccccc2)(c2ccccc2)c2ccccc2)cn1)[C@@H](Cl)CN=[N+]=[N-]. The molecule has 1 heterocycles. The van der Waals surface area contributed by atoms with Crippen molar-refractivity contribution in [1.82, 2.24) is 9.55 Å². The zero-order valence-corrected chi connectivity index (χ0v) is 26.5. The Kier molecular flexibility index (Phi) is 9.45. The molecule has 0 amide bonds. The van der Waals surface area contributed by atoms with E-state index in [1.165, 1.54) is 0 Å². The summed E-state index contributed by atoms with van der Waals surface area (Å²) in [5, 5.41) is 3.18. The summed E-state index contributed by atoms with van der Waals surface area (Å²) in [5.74, 6) is 0.412. The third-order valence-corrected chi connectivity index (χ3v) is 13.8. The van der Waals surface area contributed by atoms with Crippen molar-refractivity contribution in [3.05, 3.63) is 136 Å². The number of alkyl halides is 1. The van der Waals surface area contributed by atoms with E-state index in [1.54, 1.807) is 0 Å². The number of nitrogens with zero attached hydrogens (tertiary/aromatic N) is 5. The van der Waals surface area contributed by atoms with Crippen molar-refractivity contribution in [3.63, 3.8) is 0 Å². The fraction of sp³-hybridized carbons (Fsp3) is 0.364. The Morgan fingerprint density at radius 1 is 0.902 bits per heavy atom. The first kappa shape index (κ1) is 30.6. The van der Waals surface area contributed by atoms with Gasteiger partial charge in [0.2, 0.25) is 0 Å². The predicted molar refractivity (Wildman–Crippen MR) is 171 cm³/mol. The molecule has 4 aromatic rings. The lowest BCUT2D eigenvalue weighted by atomic mass is 9.77. The van der Waals surface area contributed by atoms with Crippen LogP contribution in [-0.4, -0.2) is 29.8 Å². The van der Waals surface area contributed by atoms with Crippen molar-refractivity contribution in [2.75, 3.05) is 6.54 Å². The largest absolute Gasteiger partial charge is 0.407 e. The maximum atomic E-state index is 9.04. The Morgan fingerprint density at radius 3 is 1.78 bits per heavy atom. The van der Waals surface area contributed by atoms with Gasteiger partial charge >= 0.3 is 0 Å². The summed E-state index contributed by atoms with van der Waals surface area (Å²) < 4.78 is 9.16. The molecular formula is C33H40ClN5OSi. The molecular weight excluding hydrogens is 546 g/mol. The van der Waals surface area contributed by atoms with E-state index >= 15 is 0 Å². The molecule has 0 aliphatic carbocycles. The van der Waals surface area contributed by atoms with Crippen LogP contribution in [0.3, 0.4) is 0 Å². The summed E-state index contributed by atoms with van der Waals surface area (Å²) in [5.41, 5.74) is 12.4. The average molecular weight is 586 g/mol. The van der Waals surface area contributed by atoms with Crippen molar-refractivity contribution in [3.8, 4) is 0 Å². The zero-order chi connectivity index (χ0) is 29.7. The normalized spacial score (nSPS) is 14.0. The Balaban J connectivity index is 1.93. The van der Waals surface area contributed by atoms with Gasteiger partial charge in [-0.05, 0) is 46.3 Å². The minimum atomic E-state index is -2.34. The predicted octanol–water partition coefficient (Wildman–Crippen LogP) is 9.34. The van der Waals surface area contributed by atoms with Crippen LogP contribution >= 0.6 is 11.6 Å². The van der Waals surface area contributed by atoms with Crippen molar-refractivity contribution in [2.45, 2.75) is 62.8 Å². The Labute approximate surface area is 250 Å². The summed E-state index contributed by atoms with van der Waals surface area (Å²) in [6, 6.07) is 31.4. The first-order valence-electron chi connectivity index (χ1n) is 14.1. The maximum Gasteiger partial charge on any atom is 0.193 e. The van der Waals surface area contributed by atoms with Gasteiger partial charge in [-0.2, -0.15) is 0 Å². The van der Waals surface area contributed by atoms with Crippen molar-refractivity contribution in [2.24, 2.45) is 11.0 Å². The second-order valence-electron chi connectivity index (χ2n) is 11.9. The first-order chi connectivity index (χ1) is 19.6. The highest BCUT2D eigenvalue weighted by Crippen LogP contribution is 2.48. The quantitative estimate of drug-likeness (QED) is 0.0414. The molecule has 41 heavy (non-hydrogen) atoms. The number of imidazole rings is 1. The Hall–Kier alpha value is -3.35. The second kappa shape index (κ2) is 12.7. The van der Waals surface area contributed by atoms with Crippen LogP contribution in [0.1, 0.15) is 56.2 Å². The molecule has 0 aliphatic rings. The number of benzene rings is 3. The number of halogens is 1. The highest BCUT2D eigenvalue weighted by atomic mass is 35.5. The van der Waals surface area contributed by atoms with Crippen molar-refractivity contribution < 1.29 is 4.43 Å². The van der Waals surface area contributed by atoms with E-state index in [9.17, 15) is 0 Å². The van der Waals surface area contributed by atoms with E-state index in [-0.39, 0.29) is 11.6 Å². The molecule has 0 radical (unpaired) electrons. The van der Waals surface area contributed by atoms with E-state index in [0.29, 0.717) is 11.6 Å². The van der Waals surface area contributed by atoms with E-state index in [1.807, 2.05) is 24.5 Å². The van der Waals surface area contributed by atoms with Gasteiger partial charge in [-0.25, -0.2) is 4.98 Å². The summed E-state index contributed by atoms with van der Waals surface area (Å²) >= 11 is 6.95. The van der Waals surface area contributed by atoms with Crippen LogP contribution in [0, 0.1) is 5.92 Å². The van der Waals surface area contributed by atoms with Gasteiger partial charge in [0.25, 0.3) is 0 Å². The lowest BCUT2D eigenvalue weighted by Gasteiger charge is -2.44. The molecule has 6 nitrogen and oxygen atoms in total. The van der Waals surface area contributed by atoms with Gasteiger partial charge in [0.05, 0.1) is 17.4 Å². The van der Waals surface area contributed by atoms with E-state index < -0.39 is 25.3 Å². The molecule has 8 heteroatoms. The molecule has 214 valence electrons. The van der Waals surface area contributed by atoms with E-state index in [2.05, 4.69) is 134 Å². The molecule has 0 unspecified atom stereocenters. The summed E-state index contributed by atoms with van der Waals surface area (Å²) in [4.78, 5) is 7.90. The average Bonchev–Trinajstić information content (AvgIpc) is 3.47. The van der Waals surface area contributed by atoms with Crippen molar-refractivity contribution in [1.29, 1.82) is 0 Å². The van der Waals surface area contributed by atoms with Gasteiger partial charge < -0.3 is 8.99 Å². The molecule has 0 spiro atoms. The molecule has 0 saturated carbocycles. The maximum absolute atomic E-state index is 9.04. The van der Waals surface area contributed by atoms with Gasteiger partial charge in [-0.1, -0.05) is 124 Å². The van der Waals surface area contributed by atoms with Crippen LogP contribution in [0.15, 0.2) is 109 Å². The van der Waals surface area contributed by atoms with Crippen LogP contribution in [0.5, 0.6) is 0 Å². The fourth-order valence-corrected chi connectivity index (χ4v) is 8.29. The standard InChI is InChI=1S/C33H40ClN5OSi/c1-25(2)32(3,4)41(5,6)40-31(29(34)22-37-38-35)30-23-39(24-36-30)33(26-16-10-7-11-17-26,27-18-12-8-13-19-27)28-20-14-9-15-21-28/h7-21,23-25,29,31H,22H2,1-6H3/t29-,31+/m0/s1. The highest BCUT2D eigenvalue weighted by Gasteiger charge is 2.46. The number of hydrogen-bond acceptors (Lipinski definition) is 3. The summed E-state index contributed by atoms with van der Waals surface area (Å²) in [6.07, 6.45) is 3.37. The van der Waals surface area contributed by atoms with Crippen LogP contribution in [-0.2, 0) is 9.96 Å². The molecule has 0 N–H and O–H groups in total. The summed E-state index contributed by atoms with van der Waals surface area (Å²) in [6.45, 7) is 13.6.